The molecule has 10 nitrogen and oxygen atoms in total. The molecule has 27 heavy (non-hydrogen) atoms. The molecule has 136 valence electrons. The maximum atomic E-state index is 12.4. The van der Waals surface area contributed by atoms with Crippen molar-refractivity contribution in [1.82, 2.24) is 30.9 Å². The minimum atomic E-state index is -1.11. The molecule has 0 aliphatic heterocycles. The summed E-state index contributed by atoms with van der Waals surface area (Å²) in [4.78, 5) is 24.8. The third-order valence-corrected chi connectivity index (χ3v) is 4.09. The zero-order chi connectivity index (χ0) is 18.8. The van der Waals surface area contributed by atoms with Crippen LogP contribution in [0.25, 0.3) is 21.9 Å². The lowest BCUT2D eigenvalue weighted by Gasteiger charge is -2.16. The number of rotatable bonds is 5. The second-order valence-corrected chi connectivity index (χ2v) is 5.90. The van der Waals surface area contributed by atoms with E-state index in [0.29, 0.717) is 22.3 Å². The average molecular weight is 365 g/mol. The highest BCUT2D eigenvalue weighted by molar-refractivity contribution is 6.03. The van der Waals surface area contributed by atoms with Gasteiger partial charge in [0, 0.05) is 16.6 Å². The number of H-pyrrole nitrogens is 2. The molecule has 2 amide bonds. The van der Waals surface area contributed by atoms with E-state index >= 15 is 0 Å². The monoisotopic (exact) mass is 365 g/mol. The molecule has 10 heteroatoms. The highest BCUT2D eigenvalue weighted by Gasteiger charge is 2.21. The van der Waals surface area contributed by atoms with Crippen LogP contribution in [0.3, 0.4) is 0 Å². The number of aliphatic hydroxyl groups is 1. The molecule has 0 radical (unpaired) electrons. The first-order valence-electron chi connectivity index (χ1n) is 8.10. The summed E-state index contributed by atoms with van der Waals surface area (Å²) in [5, 5.41) is 32.6. The first-order chi connectivity index (χ1) is 13.1. The van der Waals surface area contributed by atoms with Gasteiger partial charge in [-0.05, 0) is 36.4 Å². The quantitative estimate of drug-likeness (QED) is 0.349. The van der Waals surface area contributed by atoms with Crippen LogP contribution in [0.15, 0.2) is 42.6 Å². The number of nitrogens with zero attached hydrogens (tertiary/aromatic N) is 3. The number of fused-ring (bicyclic) bond motifs is 2. The molecule has 5 N–H and O–H groups in total. The Bertz CT molecular complexity index is 1130. The highest BCUT2D eigenvalue weighted by Crippen LogP contribution is 2.17. The third-order valence-electron chi connectivity index (χ3n) is 4.09. The molecule has 1 unspecified atom stereocenters. The van der Waals surface area contributed by atoms with Gasteiger partial charge in [-0.25, -0.2) is 0 Å². The molecule has 0 spiro atoms. The van der Waals surface area contributed by atoms with Gasteiger partial charge in [-0.2, -0.15) is 20.5 Å². The van der Waals surface area contributed by atoms with Gasteiger partial charge < -0.3 is 15.7 Å². The number of aromatic nitrogens is 5. The lowest BCUT2D eigenvalue weighted by Crippen LogP contribution is -2.46. The number of hydrogen-bond acceptors (Lipinski definition) is 6. The van der Waals surface area contributed by atoms with Crippen molar-refractivity contribution in [3.8, 4) is 0 Å². The van der Waals surface area contributed by atoms with E-state index in [2.05, 4.69) is 36.2 Å². The Morgan fingerprint density at radius 1 is 1.11 bits per heavy atom. The Balaban J connectivity index is 1.46. The lowest BCUT2D eigenvalue weighted by molar-refractivity contribution is -0.118. The van der Waals surface area contributed by atoms with E-state index in [-0.39, 0.29) is 0 Å². The second kappa shape index (κ2) is 6.84. The van der Waals surface area contributed by atoms with Crippen molar-refractivity contribution in [1.29, 1.82) is 0 Å². The summed E-state index contributed by atoms with van der Waals surface area (Å²) in [6.45, 7) is -0.546. The standard InChI is InChI=1S/C17H15N7O3/c25-8-15(17(27)19-11-3-1-10-7-18-21-13(10)6-11)20-16(26)9-2-4-12-14(5-9)23-24-22-12/h1-7,15,25H,8H2,(H,18,21)(H,19,27)(H,20,26)(H,22,23,24). The summed E-state index contributed by atoms with van der Waals surface area (Å²) in [7, 11) is 0. The lowest BCUT2D eigenvalue weighted by atomic mass is 10.1. The molecular weight excluding hydrogens is 350 g/mol. The van der Waals surface area contributed by atoms with Crippen molar-refractivity contribution < 1.29 is 14.7 Å². The Morgan fingerprint density at radius 3 is 2.81 bits per heavy atom. The van der Waals surface area contributed by atoms with Crippen molar-refractivity contribution in [3.63, 3.8) is 0 Å². The zero-order valence-electron chi connectivity index (χ0n) is 13.9. The average Bonchev–Trinajstić information content (AvgIpc) is 3.33. The van der Waals surface area contributed by atoms with Crippen LogP contribution in [-0.4, -0.2) is 55.2 Å². The fourth-order valence-corrected chi connectivity index (χ4v) is 2.66. The fourth-order valence-electron chi connectivity index (χ4n) is 2.66. The Hall–Kier alpha value is -3.79. The van der Waals surface area contributed by atoms with E-state index in [4.69, 9.17) is 0 Å². The van der Waals surface area contributed by atoms with Crippen molar-refractivity contribution in [2.45, 2.75) is 6.04 Å². The summed E-state index contributed by atoms with van der Waals surface area (Å²) in [5.41, 5.74) is 2.74. The van der Waals surface area contributed by atoms with Gasteiger partial charge in [0.05, 0.1) is 18.3 Å². The van der Waals surface area contributed by atoms with Crippen LogP contribution < -0.4 is 10.6 Å². The highest BCUT2D eigenvalue weighted by atomic mass is 16.3. The Morgan fingerprint density at radius 2 is 1.96 bits per heavy atom. The molecule has 2 aromatic carbocycles. The van der Waals surface area contributed by atoms with Gasteiger partial charge in [0.15, 0.2) is 0 Å². The topological polar surface area (TPSA) is 149 Å². The number of carbonyl (C=O) groups is 2. The second-order valence-electron chi connectivity index (χ2n) is 5.90. The van der Waals surface area contributed by atoms with Crippen LogP contribution in [0.4, 0.5) is 5.69 Å². The maximum Gasteiger partial charge on any atom is 0.252 e. The zero-order valence-corrected chi connectivity index (χ0v) is 13.9. The first kappa shape index (κ1) is 16.7. The normalized spacial score (nSPS) is 12.2. The number of aliphatic hydroxyl groups excluding tert-OH is 1. The van der Waals surface area contributed by atoms with Crippen LogP contribution in [0, 0.1) is 0 Å². The van der Waals surface area contributed by atoms with Crippen molar-refractivity contribution in [2.75, 3.05) is 11.9 Å². The number of aromatic amines is 2. The van der Waals surface area contributed by atoms with Gasteiger partial charge in [0.1, 0.15) is 17.1 Å². The summed E-state index contributed by atoms with van der Waals surface area (Å²) in [6.07, 6.45) is 1.67. The van der Waals surface area contributed by atoms with E-state index in [1.54, 1.807) is 42.6 Å². The minimum Gasteiger partial charge on any atom is -0.394 e. The molecule has 4 rings (SSSR count). The molecule has 2 heterocycles. The van der Waals surface area contributed by atoms with E-state index in [9.17, 15) is 14.7 Å². The van der Waals surface area contributed by atoms with Gasteiger partial charge in [-0.1, -0.05) is 0 Å². The minimum absolute atomic E-state index is 0.307. The number of nitrogens with one attached hydrogen (secondary N) is 4. The number of carbonyl (C=O) groups excluding carboxylic acids is 2. The number of hydrogen-bond donors (Lipinski definition) is 5. The van der Waals surface area contributed by atoms with Crippen molar-refractivity contribution in [3.05, 3.63) is 48.2 Å². The summed E-state index contributed by atoms with van der Waals surface area (Å²) >= 11 is 0. The van der Waals surface area contributed by atoms with Crippen LogP contribution >= 0.6 is 0 Å². The molecule has 2 aromatic heterocycles. The van der Waals surface area contributed by atoms with Crippen LogP contribution in [0.1, 0.15) is 10.4 Å². The largest absolute Gasteiger partial charge is 0.394 e. The van der Waals surface area contributed by atoms with Crippen molar-refractivity contribution >= 4 is 39.4 Å². The molecule has 0 fully saturated rings. The van der Waals surface area contributed by atoms with Gasteiger partial charge in [-0.3, -0.25) is 14.7 Å². The number of benzene rings is 2. The smallest absolute Gasteiger partial charge is 0.252 e. The summed E-state index contributed by atoms with van der Waals surface area (Å²) < 4.78 is 0. The Kier molecular flexibility index (Phi) is 4.22. The first-order valence-corrected chi connectivity index (χ1v) is 8.10. The van der Waals surface area contributed by atoms with Gasteiger partial charge in [0.2, 0.25) is 5.91 Å². The summed E-state index contributed by atoms with van der Waals surface area (Å²) in [5.74, 6) is -1.04. The predicted octanol–water partition coefficient (Wildman–Crippen LogP) is 0.564. The van der Waals surface area contributed by atoms with E-state index in [0.717, 1.165) is 10.9 Å². The Labute approximate surface area is 152 Å². The van der Waals surface area contributed by atoms with Crippen LogP contribution in [0.5, 0.6) is 0 Å². The van der Waals surface area contributed by atoms with Gasteiger partial charge in [-0.15, -0.1) is 0 Å². The SMILES string of the molecule is O=C(NC(CO)C(=O)Nc1ccc2cn[nH]c2c1)c1ccc2n[nH]nc2c1. The molecule has 0 bridgehead atoms. The molecule has 0 aliphatic carbocycles. The van der Waals surface area contributed by atoms with Crippen LogP contribution in [0.2, 0.25) is 0 Å². The van der Waals surface area contributed by atoms with E-state index in [1.807, 2.05) is 0 Å². The van der Waals surface area contributed by atoms with Crippen LogP contribution in [-0.2, 0) is 4.79 Å². The molecule has 1 atom stereocenters. The molecule has 0 saturated carbocycles. The van der Waals surface area contributed by atoms with Crippen molar-refractivity contribution in [2.24, 2.45) is 0 Å². The van der Waals surface area contributed by atoms with Gasteiger partial charge >= 0.3 is 0 Å². The predicted molar refractivity (Wildman–Crippen MR) is 97.0 cm³/mol. The fraction of sp³-hybridized carbons (Fsp3) is 0.118. The third kappa shape index (κ3) is 3.33. The van der Waals surface area contributed by atoms with E-state index < -0.39 is 24.5 Å². The van der Waals surface area contributed by atoms with Gasteiger partial charge in [0.25, 0.3) is 5.91 Å². The maximum absolute atomic E-state index is 12.4. The molecule has 0 aliphatic rings. The molecular formula is C17H15N7O3. The number of amides is 2. The van der Waals surface area contributed by atoms with E-state index in [1.165, 1.54) is 0 Å². The summed E-state index contributed by atoms with van der Waals surface area (Å²) in [6, 6.07) is 8.88. The molecule has 0 saturated heterocycles. The molecule has 4 aromatic rings. The number of anilines is 1.